The number of nitrogens with zero attached hydrogens (tertiary/aromatic N) is 1. The molecule has 0 aromatic heterocycles. The lowest BCUT2D eigenvalue weighted by Crippen LogP contribution is -2.22. The van der Waals surface area contributed by atoms with Gasteiger partial charge in [-0.15, -0.1) is 11.6 Å². The zero-order valence-corrected chi connectivity index (χ0v) is 9.98. The molecular weight excluding hydrogens is 226 g/mol. The van der Waals surface area contributed by atoms with E-state index < -0.39 is 9.84 Å². The Kier molecular flexibility index (Phi) is 8.56. The van der Waals surface area contributed by atoms with E-state index in [-0.39, 0.29) is 17.4 Å². The van der Waals surface area contributed by atoms with Crippen molar-refractivity contribution >= 4 is 21.4 Å². The van der Waals surface area contributed by atoms with Crippen molar-refractivity contribution < 1.29 is 13.2 Å². The summed E-state index contributed by atoms with van der Waals surface area (Å²) in [6.07, 6.45) is 0. The quantitative estimate of drug-likeness (QED) is 0.431. The summed E-state index contributed by atoms with van der Waals surface area (Å²) >= 11 is 5.34. The molecule has 0 amide bonds. The minimum absolute atomic E-state index is 0.0372. The van der Waals surface area contributed by atoms with E-state index in [2.05, 4.69) is 5.32 Å². The van der Waals surface area contributed by atoms with Crippen LogP contribution in [-0.2, 0) is 14.6 Å². The standard InChI is InChI=1S/C8H17ClNO3S/c1-2-13-6-4-10-5-8-14(11,12)7-3-9/h2-8H2,1H3. The summed E-state index contributed by atoms with van der Waals surface area (Å²) in [4.78, 5) is 0. The van der Waals surface area contributed by atoms with Gasteiger partial charge in [0.05, 0.1) is 18.1 Å². The Morgan fingerprint density at radius 3 is 2.57 bits per heavy atom. The molecule has 0 aliphatic rings. The van der Waals surface area contributed by atoms with Gasteiger partial charge in [0.2, 0.25) is 0 Å². The molecule has 0 heterocycles. The fourth-order valence-corrected chi connectivity index (χ4v) is 2.36. The Labute approximate surface area is 90.9 Å². The van der Waals surface area contributed by atoms with Gasteiger partial charge in [0.15, 0.2) is 9.84 Å². The normalized spacial score (nSPS) is 11.9. The molecule has 0 aliphatic carbocycles. The van der Waals surface area contributed by atoms with Crippen molar-refractivity contribution in [2.24, 2.45) is 0 Å². The second-order valence-electron chi connectivity index (χ2n) is 2.71. The predicted octanol–water partition coefficient (Wildman–Crippen LogP) is 0.281. The van der Waals surface area contributed by atoms with Crippen molar-refractivity contribution in [2.45, 2.75) is 6.92 Å². The Morgan fingerprint density at radius 2 is 2.00 bits per heavy atom. The molecular formula is C8H17ClNO3S. The number of sulfone groups is 1. The third-order valence-electron chi connectivity index (χ3n) is 1.55. The van der Waals surface area contributed by atoms with Gasteiger partial charge in [-0.05, 0) is 6.92 Å². The fraction of sp³-hybridized carbons (Fsp3) is 1.00. The number of rotatable bonds is 9. The van der Waals surface area contributed by atoms with Gasteiger partial charge in [0.1, 0.15) is 0 Å². The van der Waals surface area contributed by atoms with Gasteiger partial charge in [-0.3, -0.25) is 0 Å². The van der Waals surface area contributed by atoms with Gasteiger partial charge < -0.3 is 4.74 Å². The van der Waals surface area contributed by atoms with Gasteiger partial charge in [0, 0.05) is 25.6 Å². The zero-order valence-electron chi connectivity index (χ0n) is 8.41. The number of hydrogen-bond acceptors (Lipinski definition) is 3. The highest BCUT2D eigenvalue weighted by atomic mass is 35.5. The van der Waals surface area contributed by atoms with Crippen LogP contribution in [0.5, 0.6) is 0 Å². The van der Waals surface area contributed by atoms with E-state index in [1.165, 1.54) is 0 Å². The zero-order chi connectivity index (χ0) is 10.9. The van der Waals surface area contributed by atoms with Crippen molar-refractivity contribution in [3.8, 4) is 0 Å². The first-order valence-corrected chi connectivity index (χ1v) is 6.95. The second kappa shape index (κ2) is 8.47. The average molecular weight is 243 g/mol. The highest BCUT2D eigenvalue weighted by Gasteiger charge is 2.08. The van der Waals surface area contributed by atoms with E-state index in [4.69, 9.17) is 16.3 Å². The highest BCUT2D eigenvalue weighted by Crippen LogP contribution is 1.91. The molecule has 0 unspecified atom stereocenters. The molecule has 1 radical (unpaired) electrons. The molecule has 14 heavy (non-hydrogen) atoms. The van der Waals surface area contributed by atoms with E-state index >= 15 is 0 Å². The van der Waals surface area contributed by atoms with E-state index in [1.54, 1.807) is 0 Å². The maximum atomic E-state index is 11.1. The molecule has 0 spiro atoms. The van der Waals surface area contributed by atoms with Crippen LogP contribution < -0.4 is 5.32 Å². The molecule has 0 saturated carbocycles. The monoisotopic (exact) mass is 242 g/mol. The Bertz CT molecular complexity index is 219. The first-order chi connectivity index (χ1) is 6.62. The summed E-state index contributed by atoms with van der Waals surface area (Å²) < 4.78 is 27.3. The van der Waals surface area contributed by atoms with Crippen LogP contribution in [0.3, 0.4) is 0 Å². The maximum Gasteiger partial charge on any atom is 0.152 e. The van der Waals surface area contributed by atoms with Crippen molar-refractivity contribution in [2.75, 3.05) is 43.7 Å². The largest absolute Gasteiger partial charge is 0.380 e. The summed E-state index contributed by atoms with van der Waals surface area (Å²) in [6, 6.07) is 0. The Morgan fingerprint density at radius 1 is 1.29 bits per heavy atom. The summed E-state index contributed by atoms with van der Waals surface area (Å²) in [5.74, 6) is 0.280. The molecule has 0 atom stereocenters. The summed E-state index contributed by atoms with van der Waals surface area (Å²) in [7, 11) is -2.99. The molecule has 0 rings (SSSR count). The van der Waals surface area contributed by atoms with Gasteiger partial charge in [-0.25, -0.2) is 13.7 Å². The van der Waals surface area contributed by atoms with Crippen LogP contribution in [0.1, 0.15) is 6.92 Å². The van der Waals surface area contributed by atoms with Gasteiger partial charge >= 0.3 is 0 Å². The van der Waals surface area contributed by atoms with Crippen LogP contribution in [0.2, 0.25) is 0 Å². The maximum absolute atomic E-state index is 11.1. The van der Waals surface area contributed by atoms with Crippen molar-refractivity contribution in [3.63, 3.8) is 0 Å². The smallest absolute Gasteiger partial charge is 0.152 e. The summed E-state index contributed by atoms with van der Waals surface area (Å²) in [6.45, 7) is 4.04. The molecule has 6 heteroatoms. The Balaban J connectivity index is 3.35. The number of ether oxygens (including phenoxy) is 1. The fourth-order valence-electron chi connectivity index (χ4n) is 0.808. The molecule has 0 bridgehead atoms. The van der Waals surface area contributed by atoms with Crippen LogP contribution in [0.25, 0.3) is 0 Å². The number of halogens is 1. The molecule has 0 fully saturated rings. The van der Waals surface area contributed by atoms with Crippen molar-refractivity contribution in [3.05, 3.63) is 0 Å². The predicted molar refractivity (Wildman–Crippen MR) is 57.7 cm³/mol. The third kappa shape index (κ3) is 8.74. The van der Waals surface area contributed by atoms with Crippen LogP contribution >= 0.6 is 11.6 Å². The van der Waals surface area contributed by atoms with Gasteiger partial charge in [0.25, 0.3) is 0 Å². The average Bonchev–Trinajstić information content (AvgIpc) is 2.11. The lowest BCUT2D eigenvalue weighted by molar-refractivity contribution is 0.149. The topological polar surface area (TPSA) is 57.5 Å². The van der Waals surface area contributed by atoms with E-state index in [0.717, 1.165) is 0 Å². The number of alkyl halides is 1. The third-order valence-corrected chi connectivity index (χ3v) is 3.59. The first-order valence-electron chi connectivity index (χ1n) is 4.59. The molecule has 0 aromatic carbocycles. The lowest BCUT2D eigenvalue weighted by atomic mass is 10.6. The lowest BCUT2D eigenvalue weighted by Gasteiger charge is -2.03. The SMILES string of the molecule is CCOCC[N]CCS(=O)(=O)CCCl. The van der Waals surface area contributed by atoms with Crippen LogP contribution in [0.4, 0.5) is 0 Å². The molecule has 0 aromatic rings. The minimum Gasteiger partial charge on any atom is -0.380 e. The number of hydrogen-bond donors (Lipinski definition) is 0. The molecule has 85 valence electrons. The van der Waals surface area contributed by atoms with Crippen molar-refractivity contribution in [1.29, 1.82) is 0 Å². The van der Waals surface area contributed by atoms with Crippen LogP contribution in [0, 0.1) is 0 Å². The highest BCUT2D eigenvalue weighted by molar-refractivity contribution is 7.91. The van der Waals surface area contributed by atoms with E-state index in [1.807, 2.05) is 6.92 Å². The van der Waals surface area contributed by atoms with Gasteiger partial charge in [-0.1, -0.05) is 0 Å². The summed E-state index contributed by atoms with van der Waals surface area (Å²) in [5, 5.41) is 4.03. The molecule has 0 aliphatic heterocycles. The molecule has 4 nitrogen and oxygen atoms in total. The summed E-state index contributed by atoms with van der Waals surface area (Å²) in [5.41, 5.74) is 0. The van der Waals surface area contributed by atoms with Crippen molar-refractivity contribution in [1.82, 2.24) is 5.32 Å². The van der Waals surface area contributed by atoms with Crippen LogP contribution in [-0.4, -0.2) is 52.1 Å². The molecule has 0 N–H and O–H groups in total. The van der Waals surface area contributed by atoms with E-state index in [9.17, 15) is 8.42 Å². The van der Waals surface area contributed by atoms with Crippen LogP contribution in [0.15, 0.2) is 0 Å². The molecule has 0 saturated heterocycles. The van der Waals surface area contributed by atoms with E-state index in [0.29, 0.717) is 26.3 Å². The minimum atomic E-state index is -2.99. The second-order valence-corrected chi connectivity index (χ2v) is 5.39. The Hall–Kier alpha value is 0.160. The van der Waals surface area contributed by atoms with Gasteiger partial charge in [-0.2, -0.15) is 0 Å². The first kappa shape index (κ1) is 14.2.